The Bertz CT molecular complexity index is 2900. The van der Waals surface area contributed by atoms with Crippen LogP contribution in [0, 0.1) is 0 Å². The second-order valence-corrected chi connectivity index (χ2v) is 25.3. The van der Waals surface area contributed by atoms with Gasteiger partial charge in [-0.15, -0.1) is 0 Å². The third-order valence-electron chi connectivity index (χ3n) is 11.8. The van der Waals surface area contributed by atoms with Crippen molar-refractivity contribution < 1.29 is 51.9 Å². The van der Waals surface area contributed by atoms with E-state index in [1.165, 1.54) is 0 Å². The van der Waals surface area contributed by atoms with Crippen LogP contribution in [0.3, 0.4) is 0 Å². The van der Waals surface area contributed by atoms with Crippen molar-refractivity contribution in [1.29, 1.82) is 0 Å². The average molecular weight is 1160 g/mol. The molecule has 0 aliphatic heterocycles. The van der Waals surface area contributed by atoms with Crippen molar-refractivity contribution in [2.24, 2.45) is 0 Å². The molecule has 23 heteroatoms. The van der Waals surface area contributed by atoms with E-state index >= 15 is 0 Å². The van der Waals surface area contributed by atoms with E-state index in [-0.39, 0.29) is 51.9 Å². The van der Waals surface area contributed by atoms with Crippen LogP contribution in [0.2, 0.25) is 20.1 Å². The second kappa shape index (κ2) is 25.4. The van der Waals surface area contributed by atoms with E-state index in [0.29, 0.717) is 54.0 Å². The lowest BCUT2D eigenvalue weighted by Gasteiger charge is -2.32. The number of hydrogen-bond donors (Lipinski definition) is 5. The predicted octanol–water partition coefficient (Wildman–Crippen LogP) is 11.1. The highest BCUT2D eigenvalue weighted by atomic mass is 35.5. The van der Waals surface area contributed by atoms with Gasteiger partial charge in [0.1, 0.15) is 0 Å². The minimum absolute atomic E-state index is 0.0309. The van der Waals surface area contributed by atoms with Gasteiger partial charge in [-0.05, 0) is 144 Å². The quantitative estimate of drug-likeness (QED) is 0.0251. The highest BCUT2D eigenvalue weighted by Gasteiger charge is 2.27. The van der Waals surface area contributed by atoms with Crippen molar-refractivity contribution in [3.8, 4) is 0 Å². The van der Waals surface area contributed by atoms with Crippen molar-refractivity contribution in [2.75, 3.05) is 64.3 Å². The molecule has 0 atom stereocenters. The van der Waals surface area contributed by atoms with Crippen LogP contribution >= 0.6 is 46.4 Å². The summed E-state index contributed by atoms with van der Waals surface area (Å²) in [5, 5.41) is 5.48. The Hall–Kier alpha value is -4.48. The monoisotopic (exact) mass is 1160 g/mol. The Morgan fingerprint density at radius 3 is 0.822 bits per heavy atom. The Labute approximate surface area is 447 Å². The van der Waals surface area contributed by atoms with E-state index < -0.39 is 75.3 Å². The lowest BCUT2D eigenvalue weighted by atomic mass is 9.83. The molecule has 0 heterocycles. The van der Waals surface area contributed by atoms with Crippen molar-refractivity contribution in [2.45, 2.75) is 37.5 Å². The van der Waals surface area contributed by atoms with Crippen LogP contribution in [0.5, 0.6) is 0 Å². The first-order valence-electron chi connectivity index (χ1n) is 22.7. The van der Waals surface area contributed by atoms with Crippen molar-refractivity contribution in [1.82, 2.24) is 0 Å². The highest BCUT2D eigenvalue weighted by molar-refractivity contribution is 7.86. The molecule has 0 aromatic heterocycles. The Morgan fingerprint density at radius 2 is 0.603 bits per heavy atom. The Balaban J connectivity index is 1.57. The van der Waals surface area contributed by atoms with Crippen molar-refractivity contribution >= 4 is 110 Å². The van der Waals surface area contributed by atoms with E-state index in [9.17, 15) is 51.9 Å². The van der Waals surface area contributed by atoms with Gasteiger partial charge >= 0.3 is 0 Å². The molecule has 0 saturated carbocycles. The zero-order valence-electron chi connectivity index (χ0n) is 38.9. The topological polar surface area (TPSA) is 236 Å². The first-order valence-corrected chi connectivity index (χ1v) is 30.6. The summed E-state index contributed by atoms with van der Waals surface area (Å²) in [5.41, 5.74) is 6.82. The SMILES string of the molecule is O=S(=O)(O)CCCN(CCCS(=O)(=O)O)c1ccc(Nc2ccc(N(CCCS(=O)(=O)O)CCCS(=O)(=O)O)c(C(c3ccc(Cl)cc3)c3ccc(Cl)cc3)c2)cc1C(c1ccc(Cl)cc1)c1ccc(Cl)cc1. The molecule has 73 heavy (non-hydrogen) atoms. The Morgan fingerprint density at radius 1 is 0.370 bits per heavy atom. The van der Waals surface area contributed by atoms with Crippen LogP contribution in [0.15, 0.2) is 133 Å². The molecule has 0 bridgehead atoms. The molecule has 15 nitrogen and oxygen atoms in total. The third kappa shape index (κ3) is 18.4. The van der Waals surface area contributed by atoms with Gasteiger partial charge in [0, 0.05) is 80.9 Å². The minimum atomic E-state index is -4.37. The number of benzene rings is 6. The fourth-order valence-corrected chi connectivity index (χ4v) is 11.1. The van der Waals surface area contributed by atoms with Gasteiger partial charge in [-0.2, -0.15) is 33.7 Å². The van der Waals surface area contributed by atoms with E-state index in [4.69, 9.17) is 46.4 Å². The molecule has 6 aromatic rings. The molecular weight excluding hydrogens is 1100 g/mol. The lowest BCUT2D eigenvalue weighted by Crippen LogP contribution is -2.30. The zero-order chi connectivity index (χ0) is 53.1. The number of rotatable bonds is 26. The molecule has 0 unspecified atom stereocenters. The molecule has 6 rings (SSSR count). The molecule has 0 aliphatic carbocycles. The van der Waals surface area contributed by atoms with Crippen LogP contribution in [0.1, 0.15) is 70.9 Å². The van der Waals surface area contributed by atoms with Gasteiger partial charge in [0.2, 0.25) is 0 Å². The number of anilines is 4. The highest BCUT2D eigenvalue weighted by Crippen LogP contribution is 2.43. The molecule has 0 fully saturated rings. The van der Waals surface area contributed by atoms with E-state index in [2.05, 4.69) is 5.32 Å². The molecular formula is C50H53Cl4N3O12S4. The fraction of sp³-hybridized carbons (Fsp3) is 0.280. The van der Waals surface area contributed by atoms with Crippen molar-refractivity contribution in [3.05, 3.63) is 187 Å². The van der Waals surface area contributed by atoms with Crippen LogP contribution < -0.4 is 15.1 Å². The van der Waals surface area contributed by atoms with E-state index in [0.717, 1.165) is 22.3 Å². The molecule has 392 valence electrons. The van der Waals surface area contributed by atoms with Crippen LogP contribution in [-0.2, 0) is 40.5 Å². The molecule has 0 saturated heterocycles. The molecule has 6 aromatic carbocycles. The molecule has 5 N–H and O–H groups in total. The van der Waals surface area contributed by atoms with Crippen LogP contribution in [0.4, 0.5) is 22.7 Å². The second-order valence-electron chi connectivity index (χ2n) is 17.3. The maximum atomic E-state index is 11.9. The normalized spacial score (nSPS) is 12.4. The first-order chi connectivity index (χ1) is 34.3. The number of nitrogens with zero attached hydrogens (tertiary/aromatic N) is 2. The number of hydrogen-bond acceptors (Lipinski definition) is 11. The van der Waals surface area contributed by atoms with Gasteiger partial charge in [-0.1, -0.05) is 94.9 Å². The largest absolute Gasteiger partial charge is 0.371 e. The minimum Gasteiger partial charge on any atom is -0.371 e. The smallest absolute Gasteiger partial charge is 0.264 e. The maximum absolute atomic E-state index is 11.9. The van der Waals surface area contributed by atoms with Crippen LogP contribution in [-0.4, -0.2) is 101 Å². The fourth-order valence-electron chi connectivity index (χ4n) is 8.65. The van der Waals surface area contributed by atoms with Crippen LogP contribution in [0.25, 0.3) is 0 Å². The standard InChI is InChI=1S/C50H53Cl4N3O12S4/c51-39-13-5-35(6-14-39)49(36-7-15-40(52)16-8-36)45-33-43(21-23-47(45)56(25-1-29-70(58,59)60)26-2-30-71(61,62)63)55-44-22-24-48(57(27-3-31-72(64,65)66)28-4-32-73(67,68)69)46(34-44)50(37-9-17-41(53)18-10-37)38-11-19-42(54)20-12-38/h5-24,33-34,49-50,55H,1-4,25-32H2,(H,58,59,60)(H,61,62,63)(H,64,65,66)(H,67,68,69). The molecule has 0 aliphatic rings. The van der Waals surface area contributed by atoms with E-state index in [1.54, 1.807) is 60.7 Å². The maximum Gasteiger partial charge on any atom is 0.264 e. The van der Waals surface area contributed by atoms with Gasteiger partial charge < -0.3 is 15.1 Å². The molecule has 0 spiro atoms. The summed E-state index contributed by atoms with van der Waals surface area (Å²) in [6.45, 7) is 0.244. The summed E-state index contributed by atoms with van der Waals surface area (Å²) in [6.07, 6.45) is -0.123. The van der Waals surface area contributed by atoms with Gasteiger partial charge in [0.25, 0.3) is 40.5 Å². The average Bonchev–Trinajstić information content (AvgIpc) is 3.29. The third-order valence-corrected chi connectivity index (χ3v) is 16.0. The summed E-state index contributed by atoms with van der Waals surface area (Å²) >= 11 is 25.6. The summed E-state index contributed by atoms with van der Waals surface area (Å²) in [5.74, 6) is -3.38. The lowest BCUT2D eigenvalue weighted by molar-refractivity contribution is 0.477. The van der Waals surface area contributed by atoms with Gasteiger partial charge in [0.05, 0.1) is 23.0 Å². The first kappa shape index (κ1) is 57.8. The van der Waals surface area contributed by atoms with Crippen molar-refractivity contribution in [3.63, 3.8) is 0 Å². The molecule has 0 radical (unpaired) electrons. The van der Waals surface area contributed by atoms with Gasteiger partial charge in [-0.25, -0.2) is 0 Å². The summed E-state index contributed by atoms with van der Waals surface area (Å²) in [4.78, 5) is 3.62. The summed E-state index contributed by atoms with van der Waals surface area (Å²) in [6, 6.07) is 39.9. The summed E-state index contributed by atoms with van der Waals surface area (Å²) < 4.78 is 134. The van der Waals surface area contributed by atoms with Gasteiger partial charge in [-0.3, -0.25) is 18.2 Å². The number of halogens is 4. The number of nitrogens with one attached hydrogen (secondary N) is 1. The predicted molar refractivity (Wildman–Crippen MR) is 292 cm³/mol. The Kier molecular flexibility index (Phi) is 20.1. The summed E-state index contributed by atoms with van der Waals surface area (Å²) in [7, 11) is -17.5. The molecule has 0 amide bonds. The van der Waals surface area contributed by atoms with Gasteiger partial charge in [0.15, 0.2) is 0 Å². The zero-order valence-corrected chi connectivity index (χ0v) is 45.2. The van der Waals surface area contributed by atoms with E-state index in [1.807, 2.05) is 82.6 Å².